The minimum atomic E-state index is -1.07. The van der Waals surface area contributed by atoms with Crippen molar-refractivity contribution in [3.05, 3.63) is 71.0 Å². The summed E-state index contributed by atoms with van der Waals surface area (Å²) in [6.07, 6.45) is 0. The normalized spacial score (nSPS) is 10.9. The lowest BCUT2D eigenvalue weighted by molar-refractivity contribution is 0.0697. The number of rotatable bonds is 4. The fraction of sp³-hybridized carbons (Fsp3) is 0.0500. The molecular weight excluding hydrogens is 382 g/mol. The van der Waals surface area contributed by atoms with Crippen LogP contribution in [0.4, 0.5) is 11.5 Å². The van der Waals surface area contributed by atoms with Crippen molar-refractivity contribution in [3.63, 3.8) is 0 Å². The maximum absolute atomic E-state index is 11.3. The number of aromatic carboxylic acids is 1. The summed E-state index contributed by atoms with van der Waals surface area (Å²) in [6, 6.07) is 16.9. The molecule has 0 aliphatic heterocycles. The summed E-state index contributed by atoms with van der Waals surface area (Å²) in [5, 5.41) is 13.6. The Morgan fingerprint density at radius 3 is 2.63 bits per heavy atom. The van der Waals surface area contributed by atoms with Crippen molar-refractivity contribution < 1.29 is 9.90 Å². The second kappa shape index (κ2) is 6.98. The van der Waals surface area contributed by atoms with Crippen LogP contribution in [0.15, 0.2) is 54.6 Å². The zero-order chi connectivity index (χ0) is 19.0. The first-order valence-corrected chi connectivity index (χ1v) is 9.34. The highest BCUT2D eigenvalue weighted by molar-refractivity contribution is 7.21. The van der Waals surface area contributed by atoms with E-state index in [1.165, 1.54) is 6.07 Å². The fourth-order valence-electron chi connectivity index (χ4n) is 2.77. The Morgan fingerprint density at radius 1 is 1.11 bits per heavy atom. The van der Waals surface area contributed by atoms with Crippen molar-refractivity contribution in [2.45, 2.75) is 6.92 Å². The number of aromatic nitrogens is 2. The molecule has 0 aliphatic carbocycles. The quantitative estimate of drug-likeness (QED) is 0.459. The monoisotopic (exact) mass is 395 g/mol. The molecule has 0 aliphatic rings. The van der Waals surface area contributed by atoms with Crippen LogP contribution in [0.1, 0.15) is 16.2 Å². The van der Waals surface area contributed by atoms with Gasteiger partial charge >= 0.3 is 5.97 Å². The second-order valence-corrected chi connectivity index (χ2v) is 7.38. The summed E-state index contributed by atoms with van der Waals surface area (Å²) < 4.78 is 0. The lowest BCUT2D eigenvalue weighted by atomic mass is 10.1. The van der Waals surface area contributed by atoms with Crippen LogP contribution in [0.2, 0.25) is 5.02 Å². The Morgan fingerprint density at radius 2 is 1.89 bits per heavy atom. The molecule has 0 spiro atoms. The molecule has 0 bridgehead atoms. The maximum Gasteiger partial charge on any atom is 0.337 e. The molecule has 0 amide bonds. The highest BCUT2D eigenvalue weighted by atomic mass is 35.5. The molecule has 0 unspecified atom stereocenters. The Labute approximate surface area is 164 Å². The molecule has 134 valence electrons. The van der Waals surface area contributed by atoms with Crippen molar-refractivity contribution in [2.24, 2.45) is 0 Å². The van der Waals surface area contributed by atoms with Crippen molar-refractivity contribution in [1.82, 2.24) is 9.97 Å². The number of halogens is 1. The van der Waals surface area contributed by atoms with Gasteiger partial charge in [0.05, 0.1) is 16.0 Å². The van der Waals surface area contributed by atoms with Gasteiger partial charge in [-0.1, -0.05) is 41.9 Å². The van der Waals surface area contributed by atoms with Gasteiger partial charge in [-0.2, -0.15) is 0 Å². The van der Waals surface area contributed by atoms with Crippen LogP contribution in [-0.4, -0.2) is 21.0 Å². The lowest BCUT2D eigenvalue weighted by Gasteiger charge is -2.09. The van der Waals surface area contributed by atoms with Crippen LogP contribution in [-0.2, 0) is 0 Å². The predicted molar refractivity (Wildman–Crippen MR) is 109 cm³/mol. The molecule has 27 heavy (non-hydrogen) atoms. The van der Waals surface area contributed by atoms with E-state index in [4.69, 9.17) is 11.6 Å². The molecule has 7 heteroatoms. The largest absolute Gasteiger partial charge is 0.478 e. The SMILES string of the molecule is Cc1nc(Nc2ccc(Cl)c(C(=O)O)c2)c2cc(-c3ccccc3)sc2n1. The van der Waals surface area contributed by atoms with Crippen molar-refractivity contribution >= 4 is 50.6 Å². The first-order valence-electron chi connectivity index (χ1n) is 8.15. The zero-order valence-corrected chi connectivity index (χ0v) is 15.8. The summed E-state index contributed by atoms with van der Waals surface area (Å²) in [4.78, 5) is 22.3. The number of hydrogen-bond donors (Lipinski definition) is 2. The van der Waals surface area contributed by atoms with E-state index in [0.717, 1.165) is 20.7 Å². The van der Waals surface area contributed by atoms with Gasteiger partial charge in [-0.05, 0) is 36.8 Å². The summed E-state index contributed by atoms with van der Waals surface area (Å²) in [6.45, 7) is 1.83. The van der Waals surface area contributed by atoms with Gasteiger partial charge in [0.25, 0.3) is 0 Å². The molecule has 2 N–H and O–H groups in total. The van der Waals surface area contributed by atoms with Crippen LogP contribution in [0.5, 0.6) is 0 Å². The van der Waals surface area contributed by atoms with Crippen LogP contribution < -0.4 is 5.32 Å². The van der Waals surface area contributed by atoms with Gasteiger partial charge in [-0.3, -0.25) is 0 Å². The molecule has 0 saturated carbocycles. The number of thiophene rings is 1. The Bertz CT molecular complexity index is 1160. The molecule has 2 aromatic carbocycles. The molecule has 0 fully saturated rings. The van der Waals surface area contributed by atoms with Gasteiger partial charge in [0.15, 0.2) is 0 Å². The van der Waals surface area contributed by atoms with Crippen molar-refractivity contribution in [2.75, 3.05) is 5.32 Å². The third-order valence-corrected chi connectivity index (χ3v) is 5.43. The zero-order valence-electron chi connectivity index (χ0n) is 14.2. The van der Waals surface area contributed by atoms with Gasteiger partial charge < -0.3 is 10.4 Å². The third kappa shape index (κ3) is 3.49. The van der Waals surface area contributed by atoms with E-state index in [2.05, 4.69) is 27.4 Å². The first kappa shape index (κ1) is 17.5. The van der Waals surface area contributed by atoms with Crippen molar-refractivity contribution in [3.8, 4) is 10.4 Å². The number of nitrogens with zero attached hydrogens (tertiary/aromatic N) is 2. The van der Waals surface area contributed by atoms with E-state index in [0.29, 0.717) is 17.3 Å². The maximum atomic E-state index is 11.3. The molecule has 0 atom stereocenters. The van der Waals surface area contributed by atoms with E-state index in [9.17, 15) is 9.90 Å². The minimum absolute atomic E-state index is 0.0407. The van der Waals surface area contributed by atoms with Gasteiger partial charge in [0, 0.05) is 10.6 Å². The third-order valence-electron chi connectivity index (χ3n) is 4.02. The van der Waals surface area contributed by atoms with E-state index in [1.807, 2.05) is 31.2 Å². The van der Waals surface area contributed by atoms with Crippen LogP contribution in [0.3, 0.4) is 0 Å². The smallest absolute Gasteiger partial charge is 0.337 e. The van der Waals surface area contributed by atoms with Crippen LogP contribution in [0.25, 0.3) is 20.7 Å². The van der Waals surface area contributed by atoms with Gasteiger partial charge in [-0.15, -0.1) is 11.3 Å². The van der Waals surface area contributed by atoms with E-state index in [1.54, 1.807) is 23.5 Å². The van der Waals surface area contributed by atoms with E-state index >= 15 is 0 Å². The summed E-state index contributed by atoms with van der Waals surface area (Å²) in [5.74, 6) is 0.197. The van der Waals surface area contributed by atoms with Crippen molar-refractivity contribution in [1.29, 1.82) is 0 Å². The highest BCUT2D eigenvalue weighted by Gasteiger charge is 2.14. The topological polar surface area (TPSA) is 75.1 Å². The average molecular weight is 396 g/mol. The number of carboxylic acid groups (broad SMARTS) is 1. The number of hydrogen-bond acceptors (Lipinski definition) is 5. The van der Waals surface area contributed by atoms with Gasteiger partial charge in [0.1, 0.15) is 16.5 Å². The number of benzene rings is 2. The minimum Gasteiger partial charge on any atom is -0.478 e. The summed E-state index contributed by atoms with van der Waals surface area (Å²) in [5.41, 5.74) is 1.76. The molecule has 2 heterocycles. The summed E-state index contributed by atoms with van der Waals surface area (Å²) >= 11 is 7.55. The first-order chi connectivity index (χ1) is 13.0. The predicted octanol–water partition coefficient (Wildman–Crippen LogP) is 5.76. The number of carbonyl (C=O) groups is 1. The molecule has 2 aromatic heterocycles. The molecule has 4 rings (SSSR count). The van der Waals surface area contributed by atoms with Crippen LogP contribution in [0, 0.1) is 6.92 Å². The number of anilines is 2. The van der Waals surface area contributed by atoms with E-state index < -0.39 is 5.97 Å². The molecule has 0 radical (unpaired) electrons. The summed E-state index contributed by atoms with van der Waals surface area (Å²) in [7, 11) is 0. The Kier molecular flexibility index (Phi) is 4.51. The second-order valence-electron chi connectivity index (χ2n) is 5.94. The Hall–Kier alpha value is -2.96. The van der Waals surface area contributed by atoms with E-state index in [-0.39, 0.29) is 10.6 Å². The molecule has 5 nitrogen and oxygen atoms in total. The molecule has 0 saturated heterocycles. The Balaban J connectivity index is 1.79. The fourth-order valence-corrected chi connectivity index (χ4v) is 4.05. The highest BCUT2D eigenvalue weighted by Crippen LogP contribution is 2.36. The number of carboxylic acids is 1. The number of nitrogens with one attached hydrogen (secondary N) is 1. The standard InChI is InChI=1S/C20H14ClN3O2S/c1-11-22-18(24-13-7-8-16(21)14(9-13)20(25)26)15-10-17(27-19(15)23-11)12-5-3-2-4-6-12/h2-10H,1H3,(H,25,26)(H,22,23,24). The molecule has 4 aromatic rings. The number of aryl methyl sites for hydroxylation is 1. The van der Waals surface area contributed by atoms with Crippen LogP contribution >= 0.6 is 22.9 Å². The van der Waals surface area contributed by atoms with Gasteiger partial charge in [0.2, 0.25) is 0 Å². The lowest BCUT2D eigenvalue weighted by Crippen LogP contribution is -2.01. The van der Waals surface area contributed by atoms with Gasteiger partial charge in [-0.25, -0.2) is 14.8 Å². The average Bonchev–Trinajstić information content (AvgIpc) is 3.08. The number of fused-ring (bicyclic) bond motifs is 1. The molecular formula is C20H14ClN3O2S.